The zero-order chi connectivity index (χ0) is 20.9. The molecule has 0 unspecified atom stereocenters. The molecule has 4 rings (SSSR count). The normalized spacial score (nSPS) is 16.7. The lowest BCUT2D eigenvalue weighted by Crippen LogP contribution is -2.29. The second-order valence-corrected chi connectivity index (χ2v) is 7.94. The average Bonchev–Trinajstić information content (AvgIpc) is 3.05. The zero-order valence-corrected chi connectivity index (χ0v) is 18.0. The van der Waals surface area contributed by atoms with Gasteiger partial charge in [-0.3, -0.25) is 9.69 Å². The smallest absolute Gasteiger partial charge is 0.266 e. The standard InChI is InChI=1S/C25H24N2O2S/c1-3-16-27-24(28)23(30-25(27)26-19-10-6-5-7-11-19)17-18-14-15-22(29-4-2)21-13-9-8-12-20(18)21/h5-15,17H,3-4,16H2,1-2H3/b23-17+,26-25?. The molecule has 1 saturated heterocycles. The number of benzene rings is 3. The van der Waals surface area contributed by atoms with E-state index in [0.29, 0.717) is 18.1 Å². The van der Waals surface area contributed by atoms with Crippen molar-refractivity contribution in [2.24, 2.45) is 4.99 Å². The number of para-hydroxylation sites is 1. The SMILES string of the molecule is CCCN1C(=O)/C(=C\c2ccc(OCC)c3ccccc23)SC1=Nc1ccccc1. The molecule has 4 nitrogen and oxygen atoms in total. The maximum absolute atomic E-state index is 13.1. The van der Waals surface area contributed by atoms with Gasteiger partial charge in [-0.25, -0.2) is 4.99 Å². The molecule has 0 aromatic heterocycles. The van der Waals surface area contributed by atoms with E-state index in [2.05, 4.69) is 19.1 Å². The van der Waals surface area contributed by atoms with Crippen LogP contribution in [0.15, 0.2) is 76.6 Å². The third-order valence-electron chi connectivity index (χ3n) is 4.82. The van der Waals surface area contributed by atoms with Gasteiger partial charge < -0.3 is 4.74 Å². The van der Waals surface area contributed by atoms with Gasteiger partial charge >= 0.3 is 0 Å². The zero-order valence-electron chi connectivity index (χ0n) is 17.2. The fourth-order valence-electron chi connectivity index (χ4n) is 3.47. The second-order valence-electron chi connectivity index (χ2n) is 6.93. The molecule has 0 saturated carbocycles. The number of carbonyl (C=O) groups excluding carboxylic acids is 1. The summed E-state index contributed by atoms with van der Waals surface area (Å²) in [5.74, 6) is 0.870. The second kappa shape index (κ2) is 9.18. The van der Waals surface area contributed by atoms with Crippen LogP contribution in [0, 0.1) is 0 Å². The molecule has 1 amide bonds. The van der Waals surface area contributed by atoms with Crippen molar-refractivity contribution in [1.29, 1.82) is 0 Å². The van der Waals surface area contributed by atoms with Crippen molar-refractivity contribution in [3.8, 4) is 5.75 Å². The van der Waals surface area contributed by atoms with Crippen LogP contribution in [0.3, 0.4) is 0 Å². The van der Waals surface area contributed by atoms with Crippen LogP contribution in [-0.2, 0) is 4.79 Å². The lowest BCUT2D eigenvalue weighted by atomic mass is 10.0. The van der Waals surface area contributed by atoms with Crippen molar-refractivity contribution in [2.75, 3.05) is 13.2 Å². The van der Waals surface area contributed by atoms with Crippen molar-refractivity contribution in [2.45, 2.75) is 20.3 Å². The number of rotatable bonds is 6. The van der Waals surface area contributed by atoms with E-state index in [1.807, 2.05) is 67.6 Å². The maximum atomic E-state index is 13.1. The molecule has 3 aromatic rings. The summed E-state index contributed by atoms with van der Waals surface area (Å²) in [6, 6.07) is 21.9. The van der Waals surface area contributed by atoms with Gasteiger partial charge in [0, 0.05) is 11.9 Å². The first kappa shape index (κ1) is 20.2. The van der Waals surface area contributed by atoms with Gasteiger partial charge in [0.2, 0.25) is 0 Å². The lowest BCUT2D eigenvalue weighted by molar-refractivity contribution is -0.122. The highest BCUT2D eigenvalue weighted by Crippen LogP contribution is 2.36. The van der Waals surface area contributed by atoms with E-state index in [-0.39, 0.29) is 5.91 Å². The summed E-state index contributed by atoms with van der Waals surface area (Å²) in [5, 5.41) is 2.85. The molecule has 0 aliphatic carbocycles. The number of amidine groups is 1. The topological polar surface area (TPSA) is 41.9 Å². The largest absolute Gasteiger partial charge is 0.493 e. The molecular weight excluding hydrogens is 392 g/mol. The Kier molecular flexibility index (Phi) is 6.19. The quantitative estimate of drug-likeness (QED) is 0.446. The van der Waals surface area contributed by atoms with Crippen molar-refractivity contribution >= 4 is 45.4 Å². The Morgan fingerprint density at radius 1 is 0.967 bits per heavy atom. The van der Waals surface area contributed by atoms with E-state index in [1.165, 1.54) is 11.8 Å². The summed E-state index contributed by atoms with van der Waals surface area (Å²) in [6.07, 6.45) is 2.85. The summed E-state index contributed by atoms with van der Waals surface area (Å²) >= 11 is 1.44. The number of nitrogens with zero attached hydrogens (tertiary/aromatic N) is 2. The molecule has 1 aliphatic rings. The Bertz CT molecular complexity index is 1120. The highest BCUT2D eigenvalue weighted by molar-refractivity contribution is 8.18. The molecule has 30 heavy (non-hydrogen) atoms. The molecular formula is C25H24N2O2S. The summed E-state index contributed by atoms with van der Waals surface area (Å²) in [6.45, 7) is 5.32. The van der Waals surface area contributed by atoms with Crippen LogP contribution in [-0.4, -0.2) is 29.1 Å². The molecule has 0 atom stereocenters. The number of amides is 1. The first-order valence-corrected chi connectivity index (χ1v) is 11.0. The molecule has 1 fully saturated rings. The minimum Gasteiger partial charge on any atom is -0.493 e. The van der Waals surface area contributed by atoms with Gasteiger partial charge in [-0.1, -0.05) is 55.5 Å². The summed E-state index contributed by atoms with van der Waals surface area (Å²) in [5.41, 5.74) is 1.85. The number of hydrogen-bond acceptors (Lipinski definition) is 4. The van der Waals surface area contributed by atoms with E-state index >= 15 is 0 Å². The molecule has 0 spiro atoms. The van der Waals surface area contributed by atoms with Crippen LogP contribution in [0.5, 0.6) is 5.75 Å². The monoisotopic (exact) mass is 416 g/mol. The third-order valence-corrected chi connectivity index (χ3v) is 5.83. The Hall–Kier alpha value is -3.05. The molecule has 5 heteroatoms. The summed E-state index contributed by atoms with van der Waals surface area (Å²) in [4.78, 5) is 20.3. The van der Waals surface area contributed by atoms with E-state index in [9.17, 15) is 4.79 Å². The van der Waals surface area contributed by atoms with Gasteiger partial charge in [-0.05, 0) is 60.3 Å². The minimum absolute atomic E-state index is 0.00879. The van der Waals surface area contributed by atoms with Crippen LogP contribution in [0.2, 0.25) is 0 Å². The van der Waals surface area contributed by atoms with Crippen molar-refractivity contribution in [3.05, 3.63) is 77.2 Å². The van der Waals surface area contributed by atoms with Crippen LogP contribution in [0.4, 0.5) is 5.69 Å². The maximum Gasteiger partial charge on any atom is 0.266 e. The van der Waals surface area contributed by atoms with Gasteiger partial charge in [0.05, 0.1) is 17.2 Å². The van der Waals surface area contributed by atoms with Crippen LogP contribution in [0.25, 0.3) is 16.8 Å². The van der Waals surface area contributed by atoms with Gasteiger partial charge in [0.1, 0.15) is 5.75 Å². The van der Waals surface area contributed by atoms with E-state index in [1.54, 1.807) is 4.90 Å². The summed E-state index contributed by atoms with van der Waals surface area (Å²) in [7, 11) is 0. The molecule has 0 radical (unpaired) electrons. The molecule has 1 aliphatic heterocycles. The lowest BCUT2D eigenvalue weighted by Gasteiger charge is -2.14. The van der Waals surface area contributed by atoms with E-state index < -0.39 is 0 Å². The Labute approximate surface area is 181 Å². The predicted octanol–water partition coefficient (Wildman–Crippen LogP) is 6.25. The first-order valence-electron chi connectivity index (χ1n) is 10.2. The number of fused-ring (bicyclic) bond motifs is 1. The molecule has 1 heterocycles. The Morgan fingerprint density at radius 3 is 2.43 bits per heavy atom. The molecule has 152 valence electrons. The highest BCUT2D eigenvalue weighted by Gasteiger charge is 2.32. The fraction of sp³-hybridized carbons (Fsp3) is 0.200. The van der Waals surface area contributed by atoms with Crippen LogP contribution in [0.1, 0.15) is 25.8 Å². The molecule has 3 aromatic carbocycles. The van der Waals surface area contributed by atoms with E-state index in [4.69, 9.17) is 9.73 Å². The minimum atomic E-state index is 0.00879. The first-order chi connectivity index (χ1) is 14.7. The Morgan fingerprint density at radius 2 is 1.70 bits per heavy atom. The third kappa shape index (κ3) is 4.12. The number of carbonyl (C=O) groups is 1. The van der Waals surface area contributed by atoms with Crippen molar-refractivity contribution in [1.82, 2.24) is 4.90 Å². The van der Waals surface area contributed by atoms with Gasteiger partial charge in [-0.2, -0.15) is 0 Å². The fourth-order valence-corrected chi connectivity index (χ4v) is 4.48. The Balaban J connectivity index is 1.74. The molecule has 0 bridgehead atoms. The van der Waals surface area contributed by atoms with Crippen LogP contribution >= 0.6 is 11.8 Å². The number of hydrogen-bond donors (Lipinski definition) is 0. The predicted molar refractivity (Wildman–Crippen MR) is 126 cm³/mol. The summed E-state index contributed by atoms with van der Waals surface area (Å²) < 4.78 is 5.78. The van der Waals surface area contributed by atoms with E-state index in [0.717, 1.165) is 39.4 Å². The van der Waals surface area contributed by atoms with Crippen molar-refractivity contribution < 1.29 is 9.53 Å². The van der Waals surface area contributed by atoms with Crippen molar-refractivity contribution in [3.63, 3.8) is 0 Å². The van der Waals surface area contributed by atoms with Crippen LogP contribution < -0.4 is 4.74 Å². The number of ether oxygens (including phenoxy) is 1. The van der Waals surface area contributed by atoms with Gasteiger partial charge in [0.15, 0.2) is 5.17 Å². The highest BCUT2D eigenvalue weighted by atomic mass is 32.2. The van der Waals surface area contributed by atoms with Gasteiger partial charge in [-0.15, -0.1) is 0 Å². The number of thioether (sulfide) groups is 1. The number of aliphatic imine (C=N–C) groups is 1. The molecule has 0 N–H and O–H groups in total. The average molecular weight is 417 g/mol. The van der Waals surface area contributed by atoms with Gasteiger partial charge in [0.25, 0.3) is 5.91 Å².